The predicted octanol–water partition coefficient (Wildman–Crippen LogP) is 1.53. The van der Waals surface area contributed by atoms with Gasteiger partial charge < -0.3 is 9.47 Å². The number of methoxy groups -OCH3 is 1. The van der Waals surface area contributed by atoms with Gasteiger partial charge in [0.2, 0.25) is 0 Å². The Hall–Kier alpha value is 0.130. The smallest absolute Gasteiger partial charge is 0.303 e. The van der Waals surface area contributed by atoms with Crippen LogP contribution in [0.3, 0.4) is 0 Å². The molecule has 0 amide bonds. The van der Waals surface area contributed by atoms with Crippen LogP contribution in [0, 0.1) is 0 Å². The van der Waals surface area contributed by atoms with Crippen LogP contribution in [0.25, 0.3) is 0 Å². The van der Waals surface area contributed by atoms with Crippen LogP contribution in [-0.4, -0.2) is 30.0 Å². The Balaban J connectivity index is 3.28. The molecule has 0 aliphatic carbocycles. The second-order valence-electron chi connectivity index (χ2n) is 1.68. The lowest BCUT2D eigenvalue weighted by Gasteiger charge is -2.10. The highest BCUT2D eigenvalue weighted by molar-refractivity contribution is 8.16. The second-order valence-corrected chi connectivity index (χ2v) is 3.88. The number of ether oxygens (including phenoxy) is 2. The molecule has 0 aliphatic heterocycles. The molecule has 11 heavy (non-hydrogen) atoms. The van der Waals surface area contributed by atoms with E-state index in [1.807, 2.05) is 6.26 Å². The van der Waals surface area contributed by atoms with Crippen molar-refractivity contribution < 1.29 is 14.3 Å². The number of thioether (sulfide) groups is 2. The average molecular weight is 196 g/mol. The Labute approximate surface area is 75.2 Å². The molecule has 0 fully saturated rings. The molecule has 5 heteroatoms. The molecule has 3 nitrogen and oxygen atoms in total. The Morgan fingerprint density at radius 2 is 2.27 bits per heavy atom. The first-order valence-corrected chi connectivity index (χ1v) is 5.35. The minimum Gasteiger partial charge on any atom is -0.455 e. The van der Waals surface area contributed by atoms with Crippen LogP contribution in [0.1, 0.15) is 6.92 Å². The summed E-state index contributed by atoms with van der Waals surface area (Å²) >= 11 is 3.02. The molecule has 0 saturated carbocycles. The van der Waals surface area contributed by atoms with Crippen LogP contribution in [-0.2, 0) is 14.3 Å². The molecule has 0 bridgehead atoms. The molecule has 0 spiro atoms. The third-order valence-corrected chi connectivity index (χ3v) is 3.13. The van der Waals surface area contributed by atoms with Gasteiger partial charge in [-0.05, 0) is 6.26 Å². The third-order valence-electron chi connectivity index (χ3n) is 0.851. The highest BCUT2D eigenvalue weighted by atomic mass is 32.2. The summed E-state index contributed by atoms with van der Waals surface area (Å²) in [5.74, 6) is 0.0998. The Morgan fingerprint density at radius 1 is 1.64 bits per heavy atom. The maximum Gasteiger partial charge on any atom is 0.303 e. The maximum absolute atomic E-state index is 10.3. The van der Waals surface area contributed by atoms with E-state index in [0.29, 0.717) is 5.94 Å². The van der Waals surface area contributed by atoms with Gasteiger partial charge in [-0.1, -0.05) is 11.8 Å². The van der Waals surface area contributed by atoms with E-state index >= 15 is 0 Å². The van der Waals surface area contributed by atoms with Gasteiger partial charge in [-0.15, -0.1) is 11.8 Å². The summed E-state index contributed by atoms with van der Waals surface area (Å²) in [7, 11) is 1.63. The van der Waals surface area contributed by atoms with E-state index in [1.54, 1.807) is 18.9 Å². The van der Waals surface area contributed by atoms with Crippen LogP contribution in [0.5, 0.6) is 0 Å². The number of carbonyl (C=O) groups excluding carboxylic acids is 1. The normalized spacial score (nSPS) is 12.6. The van der Waals surface area contributed by atoms with Gasteiger partial charge in [0.25, 0.3) is 0 Å². The van der Waals surface area contributed by atoms with Crippen LogP contribution in [0.2, 0.25) is 0 Å². The topological polar surface area (TPSA) is 35.5 Å². The Kier molecular flexibility index (Phi) is 6.90. The van der Waals surface area contributed by atoms with Gasteiger partial charge in [0, 0.05) is 14.0 Å². The molecule has 0 N–H and O–H groups in total. The van der Waals surface area contributed by atoms with E-state index in [-0.39, 0.29) is 10.7 Å². The predicted molar refractivity (Wildman–Crippen MR) is 48.5 cm³/mol. The molecule has 0 aromatic carbocycles. The van der Waals surface area contributed by atoms with Crippen LogP contribution >= 0.6 is 23.5 Å². The van der Waals surface area contributed by atoms with E-state index in [9.17, 15) is 4.79 Å². The first-order chi connectivity index (χ1) is 5.20. The first-order valence-electron chi connectivity index (χ1n) is 3.01. The van der Waals surface area contributed by atoms with Gasteiger partial charge in [0.05, 0.1) is 0 Å². The molecule has 1 unspecified atom stereocenters. The van der Waals surface area contributed by atoms with Crippen molar-refractivity contribution in [2.24, 2.45) is 0 Å². The van der Waals surface area contributed by atoms with Crippen molar-refractivity contribution in [3.05, 3.63) is 0 Å². The zero-order valence-corrected chi connectivity index (χ0v) is 8.46. The average Bonchev–Trinajstić information content (AvgIpc) is 1.98. The Bertz CT molecular complexity index is 114. The van der Waals surface area contributed by atoms with Crippen molar-refractivity contribution in [2.75, 3.05) is 19.3 Å². The van der Waals surface area contributed by atoms with Gasteiger partial charge in [-0.25, -0.2) is 0 Å². The van der Waals surface area contributed by atoms with Crippen molar-refractivity contribution in [3.8, 4) is 0 Å². The molecule has 1 atom stereocenters. The standard InChI is InChI=1S/C6H12O3S2/c1-5(7)9-4-11-6(8-2)10-3/h6H,4H2,1-3H3. The Morgan fingerprint density at radius 3 is 2.64 bits per heavy atom. The number of esters is 1. The van der Waals surface area contributed by atoms with Crippen LogP contribution in [0.4, 0.5) is 0 Å². The van der Waals surface area contributed by atoms with Gasteiger partial charge in [-0.2, -0.15) is 0 Å². The van der Waals surface area contributed by atoms with Crippen molar-refractivity contribution in [2.45, 2.75) is 11.7 Å². The fourth-order valence-corrected chi connectivity index (χ4v) is 1.79. The van der Waals surface area contributed by atoms with E-state index in [2.05, 4.69) is 0 Å². The summed E-state index contributed by atoms with van der Waals surface area (Å²) in [6, 6.07) is 0. The van der Waals surface area contributed by atoms with Crippen molar-refractivity contribution in [1.82, 2.24) is 0 Å². The van der Waals surface area contributed by atoms with E-state index in [4.69, 9.17) is 9.47 Å². The van der Waals surface area contributed by atoms with E-state index < -0.39 is 0 Å². The summed E-state index contributed by atoms with van der Waals surface area (Å²) in [6.07, 6.45) is 1.94. The quantitative estimate of drug-likeness (QED) is 0.492. The van der Waals surface area contributed by atoms with Crippen LogP contribution < -0.4 is 0 Å². The second kappa shape index (κ2) is 6.82. The minimum absolute atomic E-state index is 0.0503. The molecule has 0 heterocycles. The third kappa shape index (κ3) is 6.52. The number of rotatable bonds is 5. The minimum atomic E-state index is -0.256. The van der Waals surface area contributed by atoms with E-state index in [1.165, 1.54) is 18.7 Å². The van der Waals surface area contributed by atoms with Gasteiger partial charge in [-0.3, -0.25) is 4.79 Å². The van der Waals surface area contributed by atoms with Gasteiger partial charge >= 0.3 is 5.97 Å². The number of hydrogen-bond donors (Lipinski definition) is 0. The zero-order chi connectivity index (χ0) is 8.69. The van der Waals surface area contributed by atoms with Crippen molar-refractivity contribution in [3.63, 3.8) is 0 Å². The van der Waals surface area contributed by atoms with E-state index in [0.717, 1.165) is 0 Å². The van der Waals surface area contributed by atoms with Crippen molar-refractivity contribution >= 4 is 29.5 Å². The summed E-state index contributed by atoms with van der Waals surface area (Å²) in [6.45, 7) is 1.39. The zero-order valence-electron chi connectivity index (χ0n) is 6.83. The lowest BCUT2D eigenvalue weighted by molar-refractivity contribution is -0.138. The molecule has 0 radical (unpaired) electrons. The largest absolute Gasteiger partial charge is 0.455 e. The monoisotopic (exact) mass is 196 g/mol. The molecule has 0 aromatic heterocycles. The van der Waals surface area contributed by atoms with Crippen LogP contribution in [0.15, 0.2) is 0 Å². The molecule has 0 saturated heterocycles. The summed E-state index contributed by atoms with van der Waals surface area (Å²) in [4.78, 5) is 10.3. The SMILES string of the molecule is COC(SC)SCOC(C)=O. The first kappa shape index (κ1) is 11.1. The molecular weight excluding hydrogens is 184 g/mol. The van der Waals surface area contributed by atoms with Gasteiger partial charge in [0.1, 0.15) is 5.94 Å². The summed E-state index contributed by atoms with van der Waals surface area (Å²) in [5.41, 5.74) is 0. The highest BCUT2D eigenvalue weighted by Gasteiger charge is 2.04. The lowest BCUT2D eigenvalue weighted by atomic mass is 10.8. The summed E-state index contributed by atoms with van der Waals surface area (Å²) < 4.78 is 9.77. The molecule has 0 aliphatic rings. The number of carbonyl (C=O) groups is 1. The lowest BCUT2D eigenvalue weighted by Crippen LogP contribution is -2.04. The molecule has 0 rings (SSSR count). The molecule has 66 valence electrons. The van der Waals surface area contributed by atoms with Gasteiger partial charge in [0.15, 0.2) is 4.77 Å². The maximum atomic E-state index is 10.3. The number of hydrogen-bond acceptors (Lipinski definition) is 5. The van der Waals surface area contributed by atoms with Crippen molar-refractivity contribution in [1.29, 1.82) is 0 Å². The fraction of sp³-hybridized carbons (Fsp3) is 0.833. The molecule has 0 aromatic rings. The highest BCUT2D eigenvalue weighted by Crippen LogP contribution is 2.21. The molecular formula is C6H12O3S2. The fourth-order valence-electron chi connectivity index (χ4n) is 0.405. The summed E-state index contributed by atoms with van der Waals surface area (Å²) in [5, 5.41) is 0.